The lowest BCUT2D eigenvalue weighted by Crippen LogP contribution is -2.18. The summed E-state index contributed by atoms with van der Waals surface area (Å²) in [4.78, 5) is 23.5. The second-order valence-corrected chi connectivity index (χ2v) is 5.77. The summed E-state index contributed by atoms with van der Waals surface area (Å²) in [7, 11) is 0. The molecule has 0 saturated carbocycles. The van der Waals surface area contributed by atoms with E-state index in [2.05, 4.69) is 5.32 Å². The maximum absolute atomic E-state index is 11.8. The van der Waals surface area contributed by atoms with Crippen LogP contribution in [-0.2, 0) is 4.79 Å². The van der Waals surface area contributed by atoms with E-state index < -0.39 is 11.1 Å². The van der Waals surface area contributed by atoms with Gasteiger partial charge in [0.25, 0.3) is 11.1 Å². The zero-order valence-corrected chi connectivity index (χ0v) is 12.2. The topological polar surface area (TPSA) is 66.4 Å². The Balaban J connectivity index is 2.28. The summed E-state index contributed by atoms with van der Waals surface area (Å²) < 4.78 is 0. The molecule has 0 unspecified atom stereocenters. The lowest BCUT2D eigenvalue weighted by Gasteiger charge is -2.11. The Bertz CT molecular complexity index is 795. The van der Waals surface area contributed by atoms with Crippen molar-refractivity contribution in [2.75, 3.05) is 6.61 Å². The predicted molar refractivity (Wildman–Crippen MR) is 83.8 cm³/mol. The summed E-state index contributed by atoms with van der Waals surface area (Å²) in [6.07, 6.45) is 0. The van der Waals surface area contributed by atoms with Gasteiger partial charge < -0.3 is 5.11 Å². The number of hydrogen-bond acceptors (Lipinski definition) is 4. The summed E-state index contributed by atoms with van der Waals surface area (Å²) in [5.74, 6) is -0.446. The summed E-state index contributed by atoms with van der Waals surface area (Å²) in [5.41, 5.74) is 2.39. The van der Waals surface area contributed by atoms with Crippen LogP contribution in [0.2, 0.25) is 0 Å². The minimum absolute atomic E-state index is 0.275. The molecule has 0 radical (unpaired) electrons. The Hall–Kier alpha value is -2.11. The molecule has 0 atom stereocenters. The molecule has 1 fully saturated rings. The van der Waals surface area contributed by atoms with Crippen LogP contribution in [0.15, 0.2) is 41.3 Å². The number of rotatable bonds is 2. The van der Waals surface area contributed by atoms with E-state index >= 15 is 0 Å². The first-order valence-electron chi connectivity index (χ1n) is 6.47. The van der Waals surface area contributed by atoms with E-state index in [9.17, 15) is 14.7 Å². The van der Waals surface area contributed by atoms with E-state index in [4.69, 9.17) is 0 Å². The summed E-state index contributed by atoms with van der Waals surface area (Å²) in [6, 6.07) is 11.7. The Morgan fingerprint density at radius 3 is 2.52 bits per heavy atom. The normalized spacial score (nSPS) is 17.2. The lowest BCUT2D eigenvalue weighted by molar-refractivity contribution is -0.115. The van der Waals surface area contributed by atoms with Gasteiger partial charge in [0.15, 0.2) is 0 Å². The number of aliphatic hydroxyl groups excluding tert-OH is 1. The number of hydrogen-bond donors (Lipinski definition) is 2. The van der Waals surface area contributed by atoms with Crippen LogP contribution >= 0.6 is 11.8 Å². The van der Waals surface area contributed by atoms with E-state index in [0.29, 0.717) is 5.57 Å². The van der Waals surface area contributed by atoms with Crippen LogP contribution in [0.4, 0.5) is 4.79 Å². The molecule has 4 nitrogen and oxygen atoms in total. The maximum atomic E-state index is 11.8. The Labute approximate surface area is 125 Å². The van der Waals surface area contributed by atoms with E-state index in [1.807, 2.05) is 43.3 Å². The van der Waals surface area contributed by atoms with Crippen molar-refractivity contribution >= 4 is 39.3 Å². The molecule has 0 bridgehead atoms. The standard InChI is InChI=1S/C16H13NO3S/c1-9-4-2-6-11-10(9)5-3-7-12(11)13(8-18)14-15(19)17-16(20)21-14/h2-7,18H,8H2,1H3,(H,17,19,20)/b14-13+. The molecule has 0 aliphatic carbocycles. The number of fused-ring (bicyclic) bond motifs is 1. The molecular weight excluding hydrogens is 286 g/mol. The van der Waals surface area contributed by atoms with Gasteiger partial charge in [-0.1, -0.05) is 36.4 Å². The van der Waals surface area contributed by atoms with Gasteiger partial charge in [0, 0.05) is 5.57 Å². The highest BCUT2D eigenvalue weighted by Crippen LogP contribution is 2.35. The van der Waals surface area contributed by atoms with Gasteiger partial charge in [-0.2, -0.15) is 0 Å². The molecule has 2 aromatic carbocycles. The van der Waals surface area contributed by atoms with Crippen LogP contribution in [0.3, 0.4) is 0 Å². The first kappa shape index (κ1) is 13.9. The Morgan fingerprint density at radius 2 is 1.86 bits per heavy atom. The zero-order chi connectivity index (χ0) is 15.0. The number of carbonyl (C=O) groups excluding carboxylic acids is 2. The summed E-state index contributed by atoms with van der Waals surface area (Å²) in [6.45, 7) is 1.72. The molecule has 1 heterocycles. The average molecular weight is 299 g/mol. The SMILES string of the molecule is Cc1cccc2c(/C(CO)=C3/SC(=O)NC3=O)cccc12. The van der Waals surface area contributed by atoms with Crippen LogP contribution in [-0.4, -0.2) is 22.9 Å². The van der Waals surface area contributed by atoms with Crippen LogP contribution in [0.25, 0.3) is 16.3 Å². The second-order valence-electron chi connectivity index (χ2n) is 4.79. The third-order valence-corrected chi connectivity index (χ3v) is 4.44. The molecule has 2 amide bonds. The fourth-order valence-electron chi connectivity index (χ4n) is 2.52. The minimum Gasteiger partial charge on any atom is -0.392 e. The first-order valence-corrected chi connectivity index (χ1v) is 7.29. The van der Waals surface area contributed by atoms with Gasteiger partial charge in [0.2, 0.25) is 0 Å². The van der Waals surface area contributed by atoms with Crippen molar-refractivity contribution in [3.63, 3.8) is 0 Å². The first-order chi connectivity index (χ1) is 10.1. The molecule has 5 heteroatoms. The second kappa shape index (κ2) is 5.35. The molecule has 21 heavy (non-hydrogen) atoms. The van der Waals surface area contributed by atoms with Crippen molar-refractivity contribution in [1.29, 1.82) is 0 Å². The van der Waals surface area contributed by atoms with Crippen molar-refractivity contribution < 1.29 is 14.7 Å². The molecule has 1 aliphatic heterocycles. The van der Waals surface area contributed by atoms with Gasteiger partial charge in [0.1, 0.15) is 0 Å². The number of aryl methyl sites for hydroxylation is 1. The highest BCUT2D eigenvalue weighted by Gasteiger charge is 2.29. The van der Waals surface area contributed by atoms with Gasteiger partial charge in [-0.25, -0.2) is 0 Å². The minimum atomic E-state index is -0.446. The Kier molecular flexibility index (Phi) is 3.53. The number of carbonyl (C=O) groups is 2. The number of benzene rings is 2. The maximum Gasteiger partial charge on any atom is 0.290 e. The monoisotopic (exact) mass is 299 g/mol. The third-order valence-electron chi connectivity index (χ3n) is 3.51. The Morgan fingerprint density at radius 1 is 1.14 bits per heavy atom. The molecular formula is C16H13NO3S. The fourth-order valence-corrected chi connectivity index (χ4v) is 3.29. The van der Waals surface area contributed by atoms with Gasteiger partial charge in [0.05, 0.1) is 11.5 Å². The van der Waals surface area contributed by atoms with Crippen molar-refractivity contribution in [3.05, 3.63) is 52.4 Å². The molecule has 2 N–H and O–H groups in total. The van der Waals surface area contributed by atoms with Gasteiger partial charge in [-0.05, 0) is 40.6 Å². The van der Waals surface area contributed by atoms with Crippen molar-refractivity contribution in [1.82, 2.24) is 5.32 Å². The predicted octanol–water partition coefficient (Wildman–Crippen LogP) is 2.83. The molecule has 0 aromatic heterocycles. The van der Waals surface area contributed by atoms with Crippen LogP contribution in [0, 0.1) is 6.92 Å². The average Bonchev–Trinajstić information content (AvgIpc) is 2.80. The number of amides is 2. The largest absolute Gasteiger partial charge is 0.392 e. The van der Waals surface area contributed by atoms with Gasteiger partial charge in [-0.3, -0.25) is 14.9 Å². The van der Waals surface area contributed by atoms with E-state index in [1.54, 1.807) is 0 Å². The molecule has 3 rings (SSSR count). The van der Waals surface area contributed by atoms with Crippen LogP contribution in [0.1, 0.15) is 11.1 Å². The van der Waals surface area contributed by atoms with Crippen molar-refractivity contribution in [3.8, 4) is 0 Å². The highest BCUT2D eigenvalue weighted by molar-refractivity contribution is 8.18. The molecule has 106 valence electrons. The van der Waals surface area contributed by atoms with Gasteiger partial charge >= 0.3 is 0 Å². The quantitative estimate of drug-likeness (QED) is 0.837. The molecule has 0 spiro atoms. The van der Waals surface area contributed by atoms with Crippen molar-refractivity contribution in [2.45, 2.75) is 6.92 Å². The smallest absolute Gasteiger partial charge is 0.290 e. The zero-order valence-electron chi connectivity index (χ0n) is 11.3. The molecule has 1 aliphatic rings. The number of nitrogens with one attached hydrogen (secondary N) is 1. The van der Waals surface area contributed by atoms with E-state index in [1.165, 1.54) is 0 Å². The van der Waals surface area contributed by atoms with Gasteiger partial charge in [-0.15, -0.1) is 0 Å². The summed E-state index contributed by atoms with van der Waals surface area (Å²) in [5, 5.41) is 13.6. The lowest BCUT2D eigenvalue weighted by atomic mass is 9.96. The number of aliphatic hydroxyl groups is 1. The van der Waals surface area contributed by atoms with Crippen LogP contribution in [0.5, 0.6) is 0 Å². The fraction of sp³-hybridized carbons (Fsp3) is 0.125. The number of thioether (sulfide) groups is 1. The molecule has 1 saturated heterocycles. The summed E-state index contributed by atoms with van der Waals surface area (Å²) >= 11 is 0.834. The molecule has 2 aromatic rings. The number of imide groups is 1. The highest BCUT2D eigenvalue weighted by atomic mass is 32.2. The third kappa shape index (κ3) is 2.34. The van der Waals surface area contributed by atoms with E-state index in [0.717, 1.165) is 33.7 Å². The van der Waals surface area contributed by atoms with E-state index in [-0.39, 0.29) is 11.5 Å². The van der Waals surface area contributed by atoms with Crippen LogP contribution < -0.4 is 5.32 Å². The van der Waals surface area contributed by atoms with Crippen molar-refractivity contribution in [2.24, 2.45) is 0 Å².